The lowest BCUT2D eigenvalue weighted by atomic mass is 9.78. The number of benzene rings is 2. The maximum Gasteiger partial charge on any atom is 0.335 e. The molecule has 4 rings (SSSR count). The van der Waals surface area contributed by atoms with Crippen LogP contribution in [-0.4, -0.2) is 46.3 Å². The number of nitrogens with two attached hydrogens (primary N) is 1. The van der Waals surface area contributed by atoms with Gasteiger partial charge in [-0.1, -0.05) is 36.4 Å². The molecule has 1 saturated carbocycles. The summed E-state index contributed by atoms with van der Waals surface area (Å²) in [6, 6.07) is 14.5. The minimum absolute atomic E-state index is 0. The lowest BCUT2D eigenvalue weighted by Crippen LogP contribution is -2.47. The molecule has 1 amide bonds. The Kier molecular flexibility index (Phi) is 9.31. The molecule has 1 heterocycles. The number of ketones is 1. The first-order chi connectivity index (χ1) is 16.8. The van der Waals surface area contributed by atoms with Crippen molar-refractivity contribution in [2.24, 2.45) is 17.6 Å². The van der Waals surface area contributed by atoms with Gasteiger partial charge in [0.15, 0.2) is 5.78 Å². The van der Waals surface area contributed by atoms with E-state index in [0.29, 0.717) is 12.5 Å². The van der Waals surface area contributed by atoms with Gasteiger partial charge in [-0.3, -0.25) is 9.59 Å². The monoisotopic (exact) mass is 512 g/mol. The number of aryl methyl sites for hydroxylation is 1. The first kappa shape index (κ1) is 27.9. The minimum atomic E-state index is -0.985. The highest BCUT2D eigenvalue weighted by atomic mass is 35.5. The molecule has 6 nitrogen and oxygen atoms in total. The molecule has 0 bridgehead atoms. The zero-order chi connectivity index (χ0) is 25.1. The molecule has 0 spiro atoms. The summed E-state index contributed by atoms with van der Waals surface area (Å²) in [5.41, 5.74) is 8.97. The number of halogens is 1. The Balaban J connectivity index is 0.00000361. The Morgan fingerprint density at radius 1 is 1.03 bits per heavy atom. The van der Waals surface area contributed by atoms with E-state index in [1.54, 1.807) is 18.2 Å². The average Bonchev–Trinajstić information content (AvgIpc) is 3.30. The fraction of sp³-hybridized carbons (Fsp3) is 0.483. The maximum atomic E-state index is 13.8. The number of carboxylic acids is 1. The zero-order valence-corrected chi connectivity index (χ0v) is 21.9. The Labute approximate surface area is 219 Å². The summed E-state index contributed by atoms with van der Waals surface area (Å²) in [4.78, 5) is 40.6. The highest BCUT2D eigenvalue weighted by Crippen LogP contribution is 2.38. The predicted octanol–water partition coefficient (Wildman–Crippen LogP) is 4.76. The van der Waals surface area contributed by atoms with E-state index in [9.17, 15) is 19.5 Å². The van der Waals surface area contributed by atoms with Crippen molar-refractivity contribution in [2.75, 3.05) is 6.54 Å². The largest absolute Gasteiger partial charge is 0.478 e. The molecule has 0 radical (unpaired) electrons. The van der Waals surface area contributed by atoms with Crippen molar-refractivity contribution in [3.8, 4) is 0 Å². The van der Waals surface area contributed by atoms with E-state index in [2.05, 4.69) is 0 Å². The molecular weight excluding hydrogens is 476 g/mol. The second-order valence-electron chi connectivity index (χ2n) is 10.3. The van der Waals surface area contributed by atoms with E-state index in [1.807, 2.05) is 49.1 Å². The molecule has 2 fully saturated rings. The van der Waals surface area contributed by atoms with Gasteiger partial charge in [0.05, 0.1) is 11.6 Å². The molecule has 2 aromatic rings. The summed E-state index contributed by atoms with van der Waals surface area (Å²) >= 11 is 0. The van der Waals surface area contributed by atoms with Crippen molar-refractivity contribution in [1.82, 2.24) is 4.90 Å². The molecule has 0 aromatic heterocycles. The number of carboxylic acid groups (broad SMARTS) is 1. The Bertz CT molecular complexity index is 1080. The van der Waals surface area contributed by atoms with Gasteiger partial charge in [0.25, 0.3) is 0 Å². The van der Waals surface area contributed by atoms with Crippen LogP contribution in [0.1, 0.15) is 72.0 Å². The molecule has 1 unspecified atom stereocenters. The quantitative estimate of drug-likeness (QED) is 0.556. The number of carbonyl (C=O) groups excluding carboxylic acids is 2. The van der Waals surface area contributed by atoms with E-state index in [4.69, 9.17) is 5.73 Å². The fourth-order valence-electron chi connectivity index (χ4n) is 5.93. The van der Waals surface area contributed by atoms with Crippen LogP contribution < -0.4 is 5.73 Å². The smallest absolute Gasteiger partial charge is 0.335 e. The summed E-state index contributed by atoms with van der Waals surface area (Å²) in [5.74, 6) is -0.494. The van der Waals surface area contributed by atoms with Crippen LogP contribution in [-0.2, 0) is 16.0 Å². The van der Waals surface area contributed by atoms with E-state index in [1.165, 1.54) is 0 Å². The number of Topliss-reactive ketones (excluding diaryl/α,β-unsaturated/α-hetero) is 1. The standard InChI is InChI=1S/C29H36N2O4.ClH/c1-18-16-24(29(34)35)13-12-23(18)17-26(32)27-25(21-6-4-3-5-7-21)14-15-31(27)28(33)22-10-8-20(9-11-22)19(2)30;/h3-7,12-13,16,19-20,22,25,27H,8-11,14-15,17,30H2,1-2H3,(H,34,35);1H/t19?,20?,22?,25-,27-;/m0./s1. The number of hydrogen-bond acceptors (Lipinski definition) is 4. The van der Waals surface area contributed by atoms with Gasteiger partial charge in [0, 0.05) is 30.8 Å². The van der Waals surface area contributed by atoms with Crippen LogP contribution in [0.4, 0.5) is 0 Å². The number of nitrogens with zero attached hydrogens (tertiary/aromatic N) is 1. The van der Waals surface area contributed by atoms with Crippen LogP contribution in [0, 0.1) is 18.8 Å². The van der Waals surface area contributed by atoms with E-state index < -0.39 is 12.0 Å². The van der Waals surface area contributed by atoms with Gasteiger partial charge in [0.1, 0.15) is 0 Å². The van der Waals surface area contributed by atoms with Gasteiger partial charge in [-0.2, -0.15) is 0 Å². The van der Waals surface area contributed by atoms with E-state index in [0.717, 1.165) is 48.8 Å². The van der Waals surface area contributed by atoms with Gasteiger partial charge in [-0.25, -0.2) is 4.79 Å². The Morgan fingerprint density at radius 2 is 1.69 bits per heavy atom. The Morgan fingerprint density at radius 3 is 2.28 bits per heavy atom. The van der Waals surface area contributed by atoms with Crippen molar-refractivity contribution >= 4 is 30.1 Å². The van der Waals surface area contributed by atoms with E-state index >= 15 is 0 Å². The molecule has 7 heteroatoms. The first-order valence-corrected chi connectivity index (χ1v) is 12.7. The SMILES string of the molecule is Cc1cc(C(=O)O)ccc1CC(=O)[C@@H]1[C@H](c2ccccc2)CCN1C(=O)C1CCC(C(C)N)CC1.Cl. The molecule has 3 atom stereocenters. The topological polar surface area (TPSA) is 101 Å². The highest BCUT2D eigenvalue weighted by molar-refractivity contribution is 5.93. The normalized spacial score (nSPS) is 24.6. The maximum absolute atomic E-state index is 13.8. The zero-order valence-electron chi connectivity index (χ0n) is 21.1. The molecule has 1 saturated heterocycles. The van der Waals surface area contributed by atoms with Crippen molar-refractivity contribution in [3.05, 3.63) is 70.8 Å². The number of likely N-dealkylation sites (tertiary alicyclic amines) is 1. The fourth-order valence-corrected chi connectivity index (χ4v) is 5.93. The van der Waals surface area contributed by atoms with Crippen LogP contribution in [0.25, 0.3) is 0 Å². The summed E-state index contributed by atoms with van der Waals surface area (Å²) in [6.45, 7) is 4.45. The Hall–Kier alpha value is -2.70. The second kappa shape index (κ2) is 12.0. The number of carbonyl (C=O) groups is 3. The van der Waals surface area contributed by atoms with Crippen molar-refractivity contribution in [1.29, 1.82) is 0 Å². The molecule has 2 aromatic carbocycles. The average molecular weight is 513 g/mol. The van der Waals surface area contributed by atoms with Gasteiger partial charge in [-0.15, -0.1) is 12.4 Å². The minimum Gasteiger partial charge on any atom is -0.478 e. The molecule has 194 valence electrons. The van der Waals surface area contributed by atoms with Gasteiger partial charge in [0.2, 0.25) is 5.91 Å². The van der Waals surface area contributed by atoms with Crippen LogP contribution in [0.15, 0.2) is 48.5 Å². The van der Waals surface area contributed by atoms with Crippen LogP contribution in [0.2, 0.25) is 0 Å². The molecular formula is C29H37ClN2O4. The first-order valence-electron chi connectivity index (χ1n) is 12.7. The lowest BCUT2D eigenvalue weighted by Gasteiger charge is -2.35. The predicted molar refractivity (Wildman–Crippen MR) is 142 cm³/mol. The highest BCUT2D eigenvalue weighted by Gasteiger charge is 2.44. The molecule has 1 aliphatic heterocycles. The number of rotatable bonds is 7. The third-order valence-electron chi connectivity index (χ3n) is 8.06. The summed E-state index contributed by atoms with van der Waals surface area (Å²) in [7, 11) is 0. The molecule has 2 aliphatic rings. The lowest BCUT2D eigenvalue weighted by molar-refractivity contribution is -0.142. The summed E-state index contributed by atoms with van der Waals surface area (Å²) in [5, 5.41) is 9.26. The van der Waals surface area contributed by atoms with Crippen molar-refractivity contribution < 1.29 is 19.5 Å². The third kappa shape index (κ3) is 5.98. The summed E-state index contributed by atoms with van der Waals surface area (Å²) < 4.78 is 0. The van der Waals surface area contributed by atoms with Gasteiger partial charge in [-0.05, 0) is 80.7 Å². The number of aromatic carboxylic acids is 1. The summed E-state index contributed by atoms with van der Waals surface area (Å²) in [6.07, 6.45) is 4.51. The number of hydrogen-bond donors (Lipinski definition) is 2. The van der Waals surface area contributed by atoms with Crippen LogP contribution in [0.5, 0.6) is 0 Å². The van der Waals surface area contributed by atoms with Crippen molar-refractivity contribution in [3.63, 3.8) is 0 Å². The van der Waals surface area contributed by atoms with Gasteiger partial charge >= 0.3 is 5.97 Å². The second-order valence-corrected chi connectivity index (χ2v) is 10.3. The van der Waals surface area contributed by atoms with E-state index in [-0.39, 0.29) is 54.0 Å². The number of amides is 1. The molecule has 36 heavy (non-hydrogen) atoms. The van der Waals surface area contributed by atoms with Gasteiger partial charge < -0.3 is 15.7 Å². The molecule has 3 N–H and O–H groups in total. The third-order valence-corrected chi connectivity index (χ3v) is 8.06. The van der Waals surface area contributed by atoms with Crippen LogP contribution >= 0.6 is 12.4 Å². The molecule has 1 aliphatic carbocycles. The van der Waals surface area contributed by atoms with Crippen LogP contribution in [0.3, 0.4) is 0 Å². The van der Waals surface area contributed by atoms with Crippen molar-refractivity contribution in [2.45, 2.75) is 70.4 Å².